The molecule has 0 spiro atoms. The Morgan fingerprint density at radius 2 is 1.67 bits per heavy atom. The maximum absolute atomic E-state index is 12.7. The van der Waals surface area contributed by atoms with Crippen LogP contribution in [0.1, 0.15) is 98.8 Å². The van der Waals surface area contributed by atoms with Gasteiger partial charge in [-0.25, -0.2) is 0 Å². The van der Waals surface area contributed by atoms with Gasteiger partial charge in [0.1, 0.15) is 0 Å². The molecule has 0 saturated heterocycles. The molecule has 0 radical (unpaired) electrons. The topological polar surface area (TPSA) is 98.0 Å². The van der Waals surface area contributed by atoms with Gasteiger partial charge in [0.15, 0.2) is 0 Å². The summed E-state index contributed by atoms with van der Waals surface area (Å²) < 4.78 is 0. The predicted octanol–water partition coefficient (Wildman–Crippen LogP) is 4.87. The summed E-state index contributed by atoms with van der Waals surface area (Å²) in [4.78, 5) is 12.7. The lowest BCUT2D eigenvalue weighted by Crippen LogP contribution is -2.67. The lowest BCUT2D eigenvalue weighted by molar-refractivity contribution is -0.242. The van der Waals surface area contributed by atoms with E-state index in [1.807, 2.05) is 0 Å². The Hall–Kier alpha value is -0.650. The Labute approximate surface area is 200 Å². The molecule has 0 amide bonds. The third kappa shape index (κ3) is 3.71. The van der Waals surface area contributed by atoms with Crippen molar-refractivity contribution in [3.8, 4) is 0 Å². The van der Waals surface area contributed by atoms with Gasteiger partial charge in [-0.15, -0.1) is 0 Å². The van der Waals surface area contributed by atoms with Crippen LogP contribution in [0.5, 0.6) is 0 Å². The van der Waals surface area contributed by atoms with E-state index in [4.69, 9.17) is 0 Å². The van der Waals surface area contributed by atoms with Crippen molar-refractivity contribution < 1.29 is 25.2 Å². The Kier molecular flexibility index (Phi) is 6.77. The van der Waals surface area contributed by atoms with Crippen LogP contribution in [-0.2, 0) is 4.79 Å². The zero-order chi connectivity index (χ0) is 24.3. The number of hydrogen-bond donors (Lipinski definition) is 4. The summed E-state index contributed by atoms with van der Waals surface area (Å²) >= 11 is 0. The van der Waals surface area contributed by atoms with Crippen molar-refractivity contribution in [2.75, 3.05) is 0 Å². The van der Waals surface area contributed by atoms with Gasteiger partial charge in [-0.1, -0.05) is 53.9 Å². The van der Waals surface area contributed by atoms with Crippen molar-refractivity contribution >= 4 is 5.97 Å². The van der Waals surface area contributed by atoms with Crippen molar-refractivity contribution in [1.29, 1.82) is 0 Å². The molecule has 0 aromatic heterocycles. The van der Waals surface area contributed by atoms with Crippen LogP contribution in [0.15, 0.2) is 0 Å². The van der Waals surface area contributed by atoms with Crippen LogP contribution in [-0.4, -0.2) is 44.7 Å². The number of hydrogen-bond acceptors (Lipinski definition) is 4. The van der Waals surface area contributed by atoms with Crippen LogP contribution >= 0.6 is 0 Å². The van der Waals surface area contributed by atoms with Gasteiger partial charge in [0.2, 0.25) is 0 Å². The summed E-state index contributed by atoms with van der Waals surface area (Å²) in [5.41, 5.74) is -1.83. The maximum Gasteiger partial charge on any atom is 0.310 e. The third-order valence-corrected chi connectivity index (χ3v) is 11.5. The molecule has 5 nitrogen and oxygen atoms in total. The Balaban J connectivity index is 1.63. The molecule has 4 aliphatic rings. The molecule has 4 aliphatic carbocycles. The number of fused-ring (bicyclic) bond motifs is 5. The van der Waals surface area contributed by atoms with Gasteiger partial charge in [0.05, 0.1) is 23.7 Å². The first-order chi connectivity index (χ1) is 15.4. The summed E-state index contributed by atoms with van der Waals surface area (Å²) in [6.07, 6.45) is 6.27. The van der Waals surface area contributed by atoms with E-state index in [-0.39, 0.29) is 36.0 Å². The first-order valence-electron chi connectivity index (χ1n) is 13.7. The first kappa shape index (κ1) is 25.4. The van der Waals surface area contributed by atoms with E-state index in [1.165, 1.54) is 19.3 Å². The number of aliphatic hydroxyl groups excluding tert-OH is 3. The lowest BCUT2D eigenvalue weighted by atomic mass is 9.38. The van der Waals surface area contributed by atoms with Crippen LogP contribution in [0.4, 0.5) is 0 Å². The minimum atomic E-state index is -1.11. The van der Waals surface area contributed by atoms with E-state index in [0.717, 1.165) is 12.8 Å². The number of carbonyl (C=O) groups is 1. The Bertz CT molecular complexity index is 738. The predicted molar refractivity (Wildman–Crippen MR) is 128 cm³/mol. The average molecular weight is 465 g/mol. The largest absolute Gasteiger partial charge is 0.481 e. The molecule has 0 aliphatic heterocycles. The van der Waals surface area contributed by atoms with Gasteiger partial charge < -0.3 is 20.4 Å². The van der Waals surface area contributed by atoms with Crippen LogP contribution in [0.25, 0.3) is 0 Å². The molecule has 4 N–H and O–H groups in total. The summed E-state index contributed by atoms with van der Waals surface area (Å²) in [6.45, 7) is 11.3. The highest BCUT2D eigenvalue weighted by Crippen LogP contribution is 2.71. The van der Waals surface area contributed by atoms with Gasteiger partial charge in [-0.2, -0.15) is 0 Å². The second-order valence-electron chi connectivity index (χ2n) is 13.4. The zero-order valence-corrected chi connectivity index (χ0v) is 21.5. The zero-order valence-electron chi connectivity index (χ0n) is 21.5. The molecule has 4 saturated carbocycles. The molecule has 0 aromatic rings. The number of carboxylic acids is 1. The molecule has 11 atom stereocenters. The Morgan fingerprint density at radius 3 is 2.30 bits per heavy atom. The van der Waals surface area contributed by atoms with Gasteiger partial charge in [0.25, 0.3) is 0 Å². The fourth-order valence-corrected chi connectivity index (χ4v) is 9.67. The molecule has 4 rings (SSSR count). The molecular weight excluding hydrogens is 416 g/mol. The highest BCUT2D eigenvalue weighted by atomic mass is 16.4. The fourth-order valence-electron chi connectivity index (χ4n) is 9.67. The SMILES string of the molecule is CC(C)CCC[C@@H](C)[C@H]1CC[C@H]2[C@@H]3[C@H](O)CC4(C(=O)O)C[C@H](O)CC[C@]4(C)[C@H]3C[C@H](O)[C@]12C. The van der Waals surface area contributed by atoms with E-state index >= 15 is 0 Å². The van der Waals surface area contributed by atoms with Crippen molar-refractivity contribution in [3.63, 3.8) is 0 Å². The molecular formula is C28H48O5. The number of aliphatic carboxylic acids is 1. The molecule has 1 unspecified atom stereocenters. The Morgan fingerprint density at radius 1 is 0.970 bits per heavy atom. The normalized spacial score (nSPS) is 50.4. The number of aliphatic hydroxyl groups is 3. The van der Waals surface area contributed by atoms with Gasteiger partial charge in [-0.05, 0) is 91.3 Å². The van der Waals surface area contributed by atoms with Crippen LogP contribution < -0.4 is 0 Å². The van der Waals surface area contributed by atoms with Gasteiger partial charge >= 0.3 is 5.97 Å². The van der Waals surface area contributed by atoms with E-state index in [9.17, 15) is 25.2 Å². The molecule has 4 fully saturated rings. The summed E-state index contributed by atoms with van der Waals surface area (Å²) in [5, 5.41) is 44.0. The first-order valence-corrected chi connectivity index (χ1v) is 13.7. The van der Waals surface area contributed by atoms with Crippen LogP contribution in [0, 0.1) is 51.8 Å². The molecule has 33 heavy (non-hydrogen) atoms. The summed E-state index contributed by atoms with van der Waals surface area (Å²) in [5.74, 6) is 1.08. The molecule has 0 bridgehead atoms. The monoisotopic (exact) mass is 464 g/mol. The second kappa shape index (κ2) is 8.78. The average Bonchev–Trinajstić information content (AvgIpc) is 3.08. The molecule has 0 heterocycles. The quantitative estimate of drug-likeness (QED) is 0.450. The van der Waals surface area contributed by atoms with Gasteiger partial charge in [0, 0.05) is 0 Å². The standard InChI is InChI=1S/C28H48O5/c1-16(2)7-6-8-17(3)19-9-10-20-24-21(13-23(31)27(19,20)5)26(4)12-11-18(29)14-28(26,25(32)33)15-22(24)30/h16-24,29-31H,6-15H2,1-5H3,(H,32,33)/t17-,18-,19-,20+,21+,22-,23+,24+,26-,27-,28?/m1/s1. The van der Waals surface area contributed by atoms with Crippen molar-refractivity contribution in [3.05, 3.63) is 0 Å². The van der Waals surface area contributed by atoms with Crippen LogP contribution in [0.2, 0.25) is 0 Å². The number of rotatable bonds is 6. The van der Waals surface area contributed by atoms with E-state index in [0.29, 0.717) is 37.0 Å². The molecule has 0 aromatic carbocycles. The van der Waals surface area contributed by atoms with Crippen molar-refractivity contribution in [2.45, 2.75) is 117 Å². The van der Waals surface area contributed by atoms with Crippen molar-refractivity contribution in [1.82, 2.24) is 0 Å². The minimum absolute atomic E-state index is 0.0204. The highest BCUT2D eigenvalue weighted by Gasteiger charge is 2.71. The van der Waals surface area contributed by atoms with E-state index in [1.54, 1.807) is 0 Å². The fraction of sp³-hybridized carbons (Fsp3) is 0.964. The van der Waals surface area contributed by atoms with E-state index < -0.39 is 35.1 Å². The highest BCUT2D eigenvalue weighted by molar-refractivity contribution is 5.76. The maximum atomic E-state index is 12.7. The second-order valence-corrected chi connectivity index (χ2v) is 13.4. The van der Waals surface area contributed by atoms with E-state index in [2.05, 4.69) is 34.6 Å². The summed E-state index contributed by atoms with van der Waals surface area (Å²) in [7, 11) is 0. The van der Waals surface area contributed by atoms with Crippen molar-refractivity contribution in [2.24, 2.45) is 51.8 Å². The lowest BCUT2D eigenvalue weighted by Gasteiger charge is -2.66. The molecule has 5 heteroatoms. The summed E-state index contributed by atoms with van der Waals surface area (Å²) in [6, 6.07) is 0. The smallest absolute Gasteiger partial charge is 0.310 e. The van der Waals surface area contributed by atoms with Crippen LogP contribution in [0.3, 0.4) is 0 Å². The number of carboxylic acid groups (broad SMARTS) is 1. The third-order valence-electron chi connectivity index (χ3n) is 11.5. The molecule has 190 valence electrons. The minimum Gasteiger partial charge on any atom is -0.481 e. The van der Waals surface area contributed by atoms with Gasteiger partial charge in [-0.3, -0.25) is 4.79 Å².